The van der Waals surface area contributed by atoms with E-state index in [1.807, 2.05) is 6.07 Å². The van der Waals surface area contributed by atoms with Crippen molar-refractivity contribution in [1.29, 1.82) is 0 Å². The molecule has 0 atom stereocenters. The molecule has 0 aliphatic heterocycles. The quantitative estimate of drug-likeness (QED) is 0.779. The molecule has 0 aromatic heterocycles. The highest BCUT2D eigenvalue weighted by molar-refractivity contribution is 7.89. The van der Waals surface area contributed by atoms with Gasteiger partial charge in [0.05, 0.1) is 4.90 Å². The van der Waals surface area contributed by atoms with E-state index in [1.165, 1.54) is 6.07 Å². The maximum atomic E-state index is 11.5. The number of nitrogens with one attached hydrogen (secondary N) is 1. The standard InChI is InChI=1S/C13H21N3O2S/c1-9-12(3-2-4-13(9)19(15,17)18)16-11-7-5-10(14)6-8-11/h2-4,10-11,16H,5-8,14H2,1H3,(H2,15,17,18). The summed E-state index contributed by atoms with van der Waals surface area (Å²) in [5.74, 6) is 0. The Bertz CT molecular complexity index is 549. The maximum Gasteiger partial charge on any atom is 0.238 e. The fourth-order valence-electron chi connectivity index (χ4n) is 2.56. The highest BCUT2D eigenvalue weighted by Crippen LogP contribution is 2.26. The Morgan fingerprint density at radius 2 is 1.84 bits per heavy atom. The number of rotatable bonds is 3. The number of hydrogen-bond acceptors (Lipinski definition) is 4. The highest BCUT2D eigenvalue weighted by Gasteiger charge is 2.20. The predicted octanol–water partition coefficient (Wildman–Crippen LogP) is 1.32. The van der Waals surface area contributed by atoms with Crippen LogP contribution >= 0.6 is 0 Å². The van der Waals surface area contributed by atoms with Gasteiger partial charge in [0.25, 0.3) is 0 Å². The summed E-state index contributed by atoms with van der Waals surface area (Å²) in [4.78, 5) is 0.185. The van der Waals surface area contributed by atoms with E-state index in [0.29, 0.717) is 17.6 Å². The number of benzene rings is 1. The first-order chi connectivity index (χ1) is 8.88. The Hall–Kier alpha value is -1.11. The summed E-state index contributed by atoms with van der Waals surface area (Å²) in [5.41, 5.74) is 7.40. The summed E-state index contributed by atoms with van der Waals surface area (Å²) in [6, 6.07) is 5.79. The van der Waals surface area contributed by atoms with E-state index in [0.717, 1.165) is 31.4 Å². The molecule has 1 saturated carbocycles. The summed E-state index contributed by atoms with van der Waals surface area (Å²) in [7, 11) is -3.67. The Kier molecular flexibility index (Phi) is 4.13. The molecular weight excluding hydrogens is 262 g/mol. The topological polar surface area (TPSA) is 98.2 Å². The van der Waals surface area contributed by atoms with Crippen molar-refractivity contribution in [2.24, 2.45) is 10.9 Å². The maximum absolute atomic E-state index is 11.5. The molecule has 1 aromatic carbocycles. The van der Waals surface area contributed by atoms with Crippen LogP contribution in [0.15, 0.2) is 23.1 Å². The first-order valence-corrected chi connectivity index (χ1v) is 8.07. The van der Waals surface area contributed by atoms with E-state index in [2.05, 4.69) is 5.32 Å². The van der Waals surface area contributed by atoms with Crippen LogP contribution in [0.5, 0.6) is 0 Å². The summed E-state index contributed by atoms with van der Waals surface area (Å²) in [6.45, 7) is 1.77. The molecule has 0 spiro atoms. The van der Waals surface area contributed by atoms with Crippen molar-refractivity contribution in [1.82, 2.24) is 0 Å². The molecule has 1 fully saturated rings. The molecule has 106 valence electrons. The summed E-state index contributed by atoms with van der Waals surface area (Å²) in [5, 5.41) is 8.61. The molecule has 19 heavy (non-hydrogen) atoms. The van der Waals surface area contributed by atoms with Crippen LogP contribution in [-0.4, -0.2) is 20.5 Å². The van der Waals surface area contributed by atoms with Crippen LogP contribution in [0.2, 0.25) is 0 Å². The minimum Gasteiger partial charge on any atom is -0.382 e. The average Bonchev–Trinajstić information content (AvgIpc) is 2.33. The van der Waals surface area contributed by atoms with E-state index in [-0.39, 0.29) is 4.90 Å². The fourth-order valence-corrected chi connectivity index (χ4v) is 3.37. The second kappa shape index (κ2) is 5.48. The lowest BCUT2D eigenvalue weighted by Crippen LogP contribution is -2.33. The average molecular weight is 283 g/mol. The third-order valence-electron chi connectivity index (χ3n) is 3.72. The van der Waals surface area contributed by atoms with Gasteiger partial charge in [0.1, 0.15) is 0 Å². The van der Waals surface area contributed by atoms with Gasteiger partial charge >= 0.3 is 0 Å². The molecule has 6 heteroatoms. The van der Waals surface area contributed by atoms with Gasteiger partial charge in [0.15, 0.2) is 0 Å². The molecule has 0 amide bonds. The normalized spacial score (nSPS) is 24.2. The number of sulfonamides is 1. The lowest BCUT2D eigenvalue weighted by Gasteiger charge is -2.28. The largest absolute Gasteiger partial charge is 0.382 e. The van der Waals surface area contributed by atoms with E-state index in [9.17, 15) is 8.42 Å². The van der Waals surface area contributed by atoms with Crippen LogP contribution in [0.1, 0.15) is 31.2 Å². The van der Waals surface area contributed by atoms with Gasteiger partial charge in [0, 0.05) is 17.8 Å². The fraction of sp³-hybridized carbons (Fsp3) is 0.538. The second-order valence-electron chi connectivity index (χ2n) is 5.23. The Balaban J connectivity index is 2.17. The molecule has 1 aliphatic rings. The van der Waals surface area contributed by atoms with Crippen LogP contribution in [0.3, 0.4) is 0 Å². The van der Waals surface area contributed by atoms with E-state index < -0.39 is 10.0 Å². The van der Waals surface area contributed by atoms with Crippen molar-refractivity contribution in [3.05, 3.63) is 23.8 Å². The van der Waals surface area contributed by atoms with Crippen molar-refractivity contribution in [2.75, 3.05) is 5.32 Å². The van der Waals surface area contributed by atoms with E-state index >= 15 is 0 Å². The summed E-state index contributed by atoms with van der Waals surface area (Å²) < 4.78 is 22.9. The summed E-state index contributed by atoms with van der Waals surface area (Å²) in [6.07, 6.45) is 4.04. The van der Waals surface area contributed by atoms with Crippen molar-refractivity contribution < 1.29 is 8.42 Å². The Morgan fingerprint density at radius 1 is 1.21 bits per heavy atom. The Morgan fingerprint density at radius 3 is 2.42 bits per heavy atom. The monoisotopic (exact) mass is 283 g/mol. The summed E-state index contributed by atoms with van der Waals surface area (Å²) >= 11 is 0. The van der Waals surface area contributed by atoms with Crippen molar-refractivity contribution >= 4 is 15.7 Å². The number of primary sulfonamides is 1. The lowest BCUT2D eigenvalue weighted by molar-refractivity contribution is 0.411. The first kappa shape index (κ1) is 14.3. The van der Waals surface area contributed by atoms with Crippen molar-refractivity contribution in [3.63, 3.8) is 0 Å². The van der Waals surface area contributed by atoms with Crippen LogP contribution in [0.4, 0.5) is 5.69 Å². The van der Waals surface area contributed by atoms with E-state index in [1.54, 1.807) is 13.0 Å². The molecule has 5 nitrogen and oxygen atoms in total. The minimum absolute atomic E-state index is 0.185. The number of nitrogens with two attached hydrogens (primary N) is 2. The molecule has 0 bridgehead atoms. The smallest absolute Gasteiger partial charge is 0.238 e. The molecule has 1 aliphatic carbocycles. The van der Waals surface area contributed by atoms with Crippen LogP contribution in [0.25, 0.3) is 0 Å². The Labute approximate surface area is 114 Å². The van der Waals surface area contributed by atoms with E-state index in [4.69, 9.17) is 10.9 Å². The lowest BCUT2D eigenvalue weighted by atomic mass is 9.91. The van der Waals surface area contributed by atoms with Gasteiger partial charge in [-0.15, -0.1) is 0 Å². The van der Waals surface area contributed by atoms with Crippen LogP contribution in [-0.2, 0) is 10.0 Å². The molecule has 1 aromatic rings. The zero-order valence-corrected chi connectivity index (χ0v) is 11.9. The third kappa shape index (κ3) is 3.46. The first-order valence-electron chi connectivity index (χ1n) is 6.52. The predicted molar refractivity (Wildman–Crippen MR) is 76.4 cm³/mol. The van der Waals surface area contributed by atoms with Crippen LogP contribution < -0.4 is 16.2 Å². The molecule has 2 rings (SSSR count). The van der Waals surface area contributed by atoms with Gasteiger partial charge in [-0.25, -0.2) is 13.6 Å². The number of anilines is 1. The molecule has 0 saturated heterocycles. The molecule has 0 unspecified atom stereocenters. The minimum atomic E-state index is -3.67. The highest BCUT2D eigenvalue weighted by atomic mass is 32.2. The number of hydrogen-bond donors (Lipinski definition) is 3. The van der Waals surface area contributed by atoms with Gasteiger partial charge in [-0.3, -0.25) is 0 Å². The second-order valence-corrected chi connectivity index (χ2v) is 6.76. The van der Waals surface area contributed by atoms with Crippen molar-refractivity contribution in [2.45, 2.75) is 49.6 Å². The molecule has 5 N–H and O–H groups in total. The zero-order chi connectivity index (χ0) is 14.0. The van der Waals surface area contributed by atoms with Gasteiger partial charge in [0.2, 0.25) is 10.0 Å². The van der Waals surface area contributed by atoms with Gasteiger partial charge in [-0.1, -0.05) is 6.07 Å². The molecular formula is C13H21N3O2S. The molecule has 0 heterocycles. The zero-order valence-electron chi connectivity index (χ0n) is 11.1. The third-order valence-corrected chi connectivity index (χ3v) is 4.78. The SMILES string of the molecule is Cc1c(NC2CCC(N)CC2)cccc1S(N)(=O)=O. The van der Waals surface area contributed by atoms with Crippen molar-refractivity contribution in [3.8, 4) is 0 Å². The molecule has 0 radical (unpaired) electrons. The van der Waals surface area contributed by atoms with Gasteiger partial charge in [-0.05, 0) is 50.3 Å². The van der Waals surface area contributed by atoms with Gasteiger partial charge < -0.3 is 11.1 Å². The van der Waals surface area contributed by atoms with Gasteiger partial charge in [-0.2, -0.15) is 0 Å². The van der Waals surface area contributed by atoms with Crippen LogP contribution in [0, 0.1) is 6.92 Å².